The van der Waals surface area contributed by atoms with Crippen LogP contribution in [0.5, 0.6) is 0 Å². The normalized spacial score (nSPS) is 22.1. The molecule has 3 unspecified atom stereocenters. The fraction of sp³-hybridized carbons (Fsp3) is 0.348. The van der Waals surface area contributed by atoms with E-state index in [1.54, 1.807) is 30.6 Å². The number of carbonyl (C=O) groups is 1. The molecule has 1 saturated heterocycles. The molecule has 3 aromatic heterocycles. The minimum absolute atomic E-state index is 0.0159. The van der Waals surface area contributed by atoms with Gasteiger partial charge in [-0.25, -0.2) is 15.0 Å². The third-order valence-corrected chi connectivity index (χ3v) is 6.53. The number of carbonyl (C=O) groups excluding carboxylic acids is 1. The van der Waals surface area contributed by atoms with Gasteiger partial charge in [-0.1, -0.05) is 0 Å². The Morgan fingerprint density at radius 1 is 1.06 bits per heavy atom. The SMILES string of the molecule is Cc1c(N)ncc(C(F)(F)F)c1C1CC2CC2CN1C(=O)c1ncccc1-c1ncccn1. The highest BCUT2D eigenvalue weighted by Crippen LogP contribution is 2.53. The zero-order valence-electron chi connectivity index (χ0n) is 17.8. The van der Waals surface area contributed by atoms with Crippen LogP contribution in [-0.4, -0.2) is 37.3 Å². The maximum atomic E-state index is 13.9. The van der Waals surface area contributed by atoms with E-state index in [9.17, 15) is 18.0 Å². The lowest BCUT2D eigenvalue weighted by molar-refractivity contribution is -0.139. The van der Waals surface area contributed by atoms with E-state index in [0.29, 0.717) is 24.4 Å². The van der Waals surface area contributed by atoms with E-state index in [1.807, 2.05) is 0 Å². The van der Waals surface area contributed by atoms with Gasteiger partial charge in [0.15, 0.2) is 5.82 Å². The lowest BCUT2D eigenvalue weighted by Crippen LogP contribution is -2.41. The Bertz CT molecular complexity index is 1220. The second-order valence-corrected chi connectivity index (χ2v) is 8.53. The van der Waals surface area contributed by atoms with Crippen LogP contribution in [0.1, 0.15) is 46.1 Å². The average molecular weight is 454 g/mol. The van der Waals surface area contributed by atoms with E-state index < -0.39 is 23.7 Å². The van der Waals surface area contributed by atoms with Crippen molar-refractivity contribution in [2.45, 2.75) is 32.0 Å². The molecular weight excluding hydrogens is 433 g/mol. The lowest BCUT2D eigenvalue weighted by Gasteiger charge is -2.37. The standard InChI is InChI=1S/C23H21F3N6O/c1-12-18(16(23(24,25)26)10-31-20(12)27)17-9-13-8-14(13)11-32(17)22(33)19-15(4-2-5-28-19)21-29-6-3-7-30-21/h2-7,10,13-14,17H,8-9,11H2,1H3,(H2,27,31). The van der Waals surface area contributed by atoms with Crippen molar-refractivity contribution >= 4 is 11.7 Å². The number of nitrogen functional groups attached to an aromatic ring is 1. The first kappa shape index (κ1) is 21.3. The van der Waals surface area contributed by atoms with Crippen molar-refractivity contribution in [1.82, 2.24) is 24.8 Å². The minimum Gasteiger partial charge on any atom is -0.383 e. The van der Waals surface area contributed by atoms with Gasteiger partial charge < -0.3 is 10.6 Å². The lowest BCUT2D eigenvalue weighted by atomic mass is 9.88. The second-order valence-electron chi connectivity index (χ2n) is 8.53. The third kappa shape index (κ3) is 3.79. The van der Waals surface area contributed by atoms with Crippen molar-refractivity contribution in [2.24, 2.45) is 11.8 Å². The second kappa shape index (κ2) is 7.79. The molecule has 2 aliphatic rings. The molecule has 33 heavy (non-hydrogen) atoms. The highest BCUT2D eigenvalue weighted by molar-refractivity contribution is 5.98. The Kier molecular flexibility index (Phi) is 5.02. The predicted molar refractivity (Wildman–Crippen MR) is 114 cm³/mol. The summed E-state index contributed by atoms with van der Waals surface area (Å²) in [4.78, 5) is 31.7. The van der Waals surface area contributed by atoms with Gasteiger partial charge in [0.2, 0.25) is 0 Å². The molecule has 1 amide bonds. The van der Waals surface area contributed by atoms with Gasteiger partial charge in [0, 0.05) is 31.3 Å². The molecule has 0 radical (unpaired) electrons. The Hall–Kier alpha value is -3.56. The number of nitrogens with zero attached hydrogens (tertiary/aromatic N) is 5. The molecule has 2 fully saturated rings. The largest absolute Gasteiger partial charge is 0.418 e. The van der Waals surface area contributed by atoms with Crippen molar-refractivity contribution in [2.75, 3.05) is 12.3 Å². The van der Waals surface area contributed by atoms with E-state index in [2.05, 4.69) is 19.9 Å². The first-order valence-electron chi connectivity index (χ1n) is 10.6. The van der Waals surface area contributed by atoms with Crippen molar-refractivity contribution in [3.05, 3.63) is 65.4 Å². The molecule has 4 heterocycles. The molecule has 1 saturated carbocycles. The average Bonchev–Trinajstić information content (AvgIpc) is 3.58. The van der Waals surface area contributed by atoms with Crippen LogP contribution < -0.4 is 5.73 Å². The van der Waals surface area contributed by atoms with E-state index in [4.69, 9.17) is 5.73 Å². The van der Waals surface area contributed by atoms with Crippen LogP contribution in [0.25, 0.3) is 11.4 Å². The van der Waals surface area contributed by atoms with Crippen LogP contribution >= 0.6 is 0 Å². The number of pyridine rings is 2. The third-order valence-electron chi connectivity index (χ3n) is 6.53. The van der Waals surface area contributed by atoms with Crippen LogP contribution in [0, 0.1) is 18.8 Å². The van der Waals surface area contributed by atoms with E-state index in [-0.39, 0.29) is 34.5 Å². The first-order chi connectivity index (χ1) is 15.8. The molecule has 1 aliphatic heterocycles. The van der Waals surface area contributed by atoms with Crippen molar-refractivity contribution in [1.29, 1.82) is 0 Å². The molecule has 3 atom stereocenters. The number of hydrogen-bond acceptors (Lipinski definition) is 6. The van der Waals surface area contributed by atoms with Gasteiger partial charge in [-0.3, -0.25) is 9.78 Å². The zero-order valence-corrected chi connectivity index (χ0v) is 17.8. The number of fused-ring (bicyclic) bond motifs is 1. The summed E-state index contributed by atoms with van der Waals surface area (Å²) in [6.07, 6.45) is 2.07. The maximum absolute atomic E-state index is 13.9. The number of piperidine rings is 1. The van der Waals surface area contributed by atoms with Crippen LogP contribution in [0.3, 0.4) is 0 Å². The zero-order chi connectivity index (χ0) is 23.3. The van der Waals surface area contributed by atoms with Crippen molar-refractivity contribution < 1.29 is 18.0 Å². The summed E-state index contributed by atoms with van der Waals surface area (Å²) in [5.74, 6) is 0.469. The Morgan fingerprint density at radius 3 is 2.52 bits per heavy atom. The number of nitrogens with two attached hydrogens (primary N) is 1. The number of halogens is 3. The van der Waals surface area contributed by atoms with Crippen LogP contribution in [0.15, 0.2) is 43.0 Å². The van der Waals surface area contributed by atoms with Gasteiger partial charge >= 0.3 is 6.18 Å². The number of likely N-dealkylation sites (tertiary alicyclic amines) is 1. The molecule has 0 spiro atoms. The van der Waals surface area contributed by atoms with Gasteiger partial charge in [-0.05, 0) is 60.9 Å². The van der Waals surface area contributed by atoms with Gasteiger partial charge in [-0.2, -0.15) is 13.2 Å². The number of aromatic nitrogens is 4. The molecule has 0 aromatic carbocycles. The summed E-state index contributed by atoms with van der Waals surface area (Å²) in [5.41, 5.74) is 5.86. The smallest absolute Gasteiger partial charge is 0.383 e. The number of hydrogen-bond donors (Lipinski definition) is 1. The molecular formula is C23H21F3N6O. The first-order valence-corrected chi connectivity index (χ1v) is 10.6. The van der Waals surface area contributed by atoms with Crippen molar-refractivity contribution in [3.8, 4) is 11.4 Å². The highest BCUT2D eigenvalue weighted by atomic mass is 19.4. The summed E-state index contributed by atoms with van der Waals surface area (Å²) in [6, 6.07) is 4.23. The summed E-state index contributed by atoms with van der Waals surface area (Å²) >= 11 is 0. The van der Waals surface area contributed by atoms with E-state index >= 15 is 0 Å². The quantitative estimate of drug-likeness (QED) is 0.641. The Morgan fingerprint density at radius 2 is 1.79 bits per heavy atom. The fourth-order valence-electron chi connectivity index (χ4n) is 4.74. The summed E-state index contributed by atoms with van der Waals surface area (Å²) < 4.78 is 41.8. The monoisotopic (exact) mass is 454 g/mol. The molecule has 2 N–H and O–H groups in total. The van der Waals surface area contributed by atoms with Crippen LogP contribution in [-0.2, 0) is 6.18 Å². The van der Waals surface area contributed by atoms with E-state index in [1.165, 1.54) is 18.0 Å². The van der Waals surface area contributed by atoms with E-state index in [0.717, 1.165) is 12.6 Å². The minimum atomic E-state index is -4.62. The maximum Gasteiger partial charge on any atom is 0.418 e. The molecule has 3 aromatic rings. The summed E-state index contributed by atoms with van der Waals surface area (Å²) in [6.45, 7) is 1.89. The Balaban J connectivity index is 1.62. The summed E-state index contributed by atoms with van der Waals surface area (Å²) in [7, 11) is 0. The molecule has 1 aliphatic carbocycles. The number of anilines is 1. The summed E-state index contributed by atoms with van der Waals surface area (Å²) in [5, 5.41) is 0. The molecule has 10 heteroatoms. The van der Waals surface area contributed by atoms with Crippen molar-refractivity contribution in [3.63, 3.8) is 0 Å². The van der Waals surface area contributed by atoms with Gasteiger partial charge in [0.25, 0.3) is 5.91 Å². The Labute approximate surface area is 187 Å². The molecule has 7 nitrogen and oxygen atoms in total. The topological polar surface area (TPSA) is 97.9 Å². The number of amides is 1. The number of rotatable bonds is 3. The van der Waals surface area contributed by atoms with Crippen LogP contribution in [0.4, 0.5) is 19.0 Å². The fourth-order valence-corrected chi connectivity index (χ4v) is 4.74. The van der Waals surface area contributed by atoms with Gasteiger partial charge in [0.05, 0.1) is 17.2 Å². The molecule has 0 bridgehead atoms. The van der Waals surface area contributed by atoms with Gasteiger partial charge in [-0.15, -0.1) is 0 Å². The number of alkyl halides is 3. The molecule has 5 rings (SSSR count). The van der Waals surface area contributed by atoms with Crippen LogP contribution in [0.2, 0.25) is 0 Å². The predicted octanol–water partition coefficient (Wildman–Crippen LogP) is 4.07. The highest BCUT2D eigenvalue weighted by Gasteiger charge is 2.50. The molecule has 170 valence electrons. The van der Waals surface area contributed by atoms with Gasteiger partial charge in [0.1, 0.15) is 11.5 Å².